The summed E-state index contributed by atoms with van der Waals surface area (Å²) in [5.74, 6) is -0.513. The summed E-state index contributed by atoms with van der Waals surface area (Å²) < 4.78 is 14.4. The SMILES string of the molecule is Cc1cc(-n2ncc(C#N)c2NC(=O)CCC(=O)c2ccc(F)cc2)nc2ccccc12. The average molecular weight is 427 g/mol. The van der Waals surface area contributed by atoms with Gasteiger partial charge in [0.2, 0.25) is 5.91 Å². The highest BCUT2D eigenvalue weighted by atomic mass is 19.1. The van der Waals surface area contributed by atoms with Crippen molar-refractivity contribution in [2.45, 2.75) is 19.8 Å². The second-order valence-corrected chi connectivity index (χ2v) is 7.22. The molecule has 158 valence electrons. The number of carbonyl (C=O) groups excluding carboxylic acids is 2. The highest BCUT2D eigenvalue weighted by Gasteiger charge is 2.18. The van der Waals surface area contributed by atoms with Gasteiger partial charge in [-0.25, -0.2) is 9.37 Å². The van der Waals surface area contributed by atoms with Gasteiger partial charge >= 0.3 is 0 Å². The zero-order valence-corrected chi connectivity index (χ0v) is 17.2. The van der Waals surface area contributed by atoms with E-state index < -0.39 is 11.7 Å². The van der Waals surface area contributed by atoms with Crippen LogP contribution in [0.5, 0.6) is 0 Å². The number of nitrogens with zero attached hydrogens (tertiary/aromatic N) is 4. The predicted octanol–water partition coefficient (Wildman–Crippen LogP) is 4.34. The van der Waals surface area contributed by atoms with E-state index in [-0.39, 0.29) is 30.0 Å². The Balaban J connectivity index is 1.55. The van der Waals surface area contributed by atoms with Crippen LogP contribution in [0.3, 0.4) is 0 Å². The van der Waals surface area contributed by atoms with Crippen LogP contribution in [-0.4, -0.2) is 26.5 Å². The molecule has 0 saturated heterocycles. The molecule has 1 amide bonds. The molecule has 4 rings (SSSR count). The van der Waals surface area contributed by atoms with E-state index in [1.54, 1.807) is 0 Å². The third-order valence-electron chi connectivity index (χ3n) is 5.02. The quantitative estimate of drug-likeness (QED) is 0.461. The maximum Gasteiger partial charge on any atom is 0.226 e. The molecule has 7 nitrogen and oxygen atoms in total. The molecule has 2 aromatic heterocycles. The van der Waals surface area contributed by atoms with Gasteiger partial charge in [0.25, 0.3) is 0 Å². The fourth-order valence-corrected chi connectivity index (χ4v) is 3.37. The first-order chi connectivity index (χ1) is 15.5. The number of hydrogen-bond donors (Lipinski definition) is 1. The Labute approximate surface area is 183 Å². The molecule has 8 heteroatoms. The summed E-state index contributed by atoms with van der Waals surface area (Å²) in [4.78, 5) is 29.4. The van der Waals surface area contributed by atoms with E-state index in [1.165, 1.54) is 35.1 Å². The number of aromatic nitrogens is 3. The predicted molar refractivity (Wildman–Crippen MR) is 117 cm³/mol. The average Bonchev–Trinajstić information content (AvgIpc) is 3.20. The minimum atomic E-state index is -0.448. The molecule has 0 aliphatic carbocycles. The van der Waals surface area contributed by atoms with Crippen LogP contribution < -0.4 is 5.32 Å². The summed E-state index contributed by atoms with van der Waals surface area (Å²) >= 11 is 0. The van der Waals surface area contributed by atoms with E-state index in [2.05, 4.69) is 15.4 Å². The van der Waals surface area contributed by atoms with Crippen molar-refractivity contribution in [2.75, 3.05) is 5.32 Å². The normalized spacial score (nSPS) is 10.7. The summed E-state index contributed by atoms with van der Waals surface area (Å²) in [5.41, 5.74) is 2.24. The molecule has 1 N–H and O–H groups in total. The Morgan fingerprint density at radius 1 is 1.12 bits per heavy atom. The molecular formula is C24H18FN5O2. The summed E-state index contributed by atoms with van der Waals surface area (Å²) in [6.07, 6.45) is 1.20. The number of amides is 1. The number of nitrogens with one attached hydrogen (secondary N) is 1. The van der Waals surface area contributed by atoms with Gasteiger partial charge in [-0.05, 0) is 48.9 Å². The van der Waals surface area contributed by atoms with Gasteiger partial charge in [-0.15, -0.1) is 0 Å². The molecule has 0 saturated carbocycles. The minimum absolute atomic E-state index is 0.0547. The summed E-state index contributed by atoms with van der Waals surface area (Å²) in [7, 11) is 0. The number of nitriles is 1. The lowest BCUT2D eigenvalue weighted by molar-refractivity contribution is -0.116. The van der Waals surface area contributed by atoms with Crippen LogP contribution in [0.1, 0.15) is 34.3 Å². The monoisotopic (exact) mass is 427 g/mol. The third kappa shape index (κ3) is 4.23. The van der Waals surface area contributed by atoms with Crippen LogP contribution in [0.2, 0.25) is 0 Å². The van der Waals surface area contributed by atoms with E-state index in [9.17, 15) is 19.2 Å². The summed E-state index contributed by atoms with van der Waals surface area (Å²) in [6, 6.07) is 16.6. The van der Waals surface area contributed by atoms with Crippen molar-refractivity contribution in [2.24, 2.45) is 0 Å². The maximum atomic E-state index is 13.0. The van der Waals surface area contributed by atoms with Crippen LogP contribution in [-0.2, 0) is 4.79 Å². The number of Topliss-reactive ketones (excluding diaryl/α,β-unsaturated/α-hetero) is 1. The molecule has 0 atom stereocenters. The Morgan fingerprint density at radius 2 is 1.88 bits per heavy atom. The van der Waals surface area contributed by atoms with Crippen LogP contribution in [0.4, 0.5) is 10.2 Å². The number of para-hydroxylation sites is 1. The molecule has 2 heterocycles. The minimum Gasteiger partial charge on any atom is -0.309 e. The molecular weight excluding hydrogens is 409 g/mol. The van der Waals surface area contributed by atoms with Gasteiger partial charge in [0, 0.05) is 23.8 Å². The fourth-order valence-electron chi connectivity index (χ4n) is 3.37. The van der Waals surface area contributed by atoms with Crippen molar-refractivity contribution in [3.8, 4) is 11.9 Å². The highest BCUT2D eigenvalue weighted by Crippen LogP contribution is 2.23. The van der Waals surface area contributed by atoms with Crippen molar-refractivity contribution in [1.82, 2.24) is 14.8 Å². The Hall–Kier alpha value is -4.38. The van der Waals surface area contributed by atoms with Gasteiger partial charge in [-0.3, -0.25) is 9.59 Å². The van der Waals surface area contributed by atoms with Crippen molar-refractivity contribution >= 4 is 28.4 Å². The smallest absolute Gasteiger partial charge is 0.226 e. The second-order valence-electron chi connectivity index (χ2n) is 7.22. The molecule has 0 aliphatic rings. The van der Waals surface area contributed by atoms with Crippen molar-refractivity contribution in [3.63, 3.8) is 0 Å². The van der Waals surface area contributed by atoms with Crippen molar-refractivity contribution in [1.29, 1.82) is 5.26 Å². The highest BCUT2D eigenvalue weighted by molar-refractivity contribution is 6.00. The lowest BCUT2D eigenvalue weighted by Crippen LogP contribution is -2.17. The van der Waals surface area contributed by atoms with E-state index in [1.807, 2.05) is 43.3 Å². The number of rotatable bonds is 6. The summed E-state index contributed by atoms with van der Waals surface area (Å²) in [5, 5.41) is 17.3. The van der Waals surface area contributed by atoms with Gasteiger partial charge < -0.3 is 5.32 Å². The number of ketones is 1. The lowest BCUT2D eigenvalue weighted by Gasteiger charge is -2.11. The number of carbonyl (C=O) groups is 2. The number of pyridine rings is 1. The Morgan fingerprint density at radius 3 is 2.62 bits per heavy atom. The number of aryl methyl sites for hydroxylation is 1. The third-order valence-corrected chi connectivity index (χ3v) is 5.02. The molecule has 2 aromatic carbocycles. The molecule has 0 fully saturated rings. The Bertz CT molecular complexity index is 1370. The van der Waals surface area contributed by atoms with Crippen LogP contribution in [0.15, 0.2) is 60.8 Å². The van der Waals surface area contributed by atoms with Crippen LogP contribution in [0.25, 0.3) is 16.7 Å². The number of halogens is 1. The molecule has 0 radical (unpaired) electrons. The first-order valence-electron chi connectivity index (χ1n) is 9.90. The Kier molecular flexibility index (Phi) is 5.73. The van der Waals surface area contributed by atoms with Crippen LogP contribution in [0, 0.1) is 24.1 Å². The van der Waals surface area contributed by atoms with E-state index in [4.69, 9.17) is 0 Å². The second kappa shape index (κ2) is 8.78. The molecule has 4 aromatic rings. The number of benzene rings is 2. The first kappa shape index (κ1) is 20.9. The number of hydrogen-bond acceptors (Lipinski definition) is 5. The summed E-state index contributed by atoms with van der Waals surface area (Å²) in [6.45, 7) is 1.95. The molecule has 0 unspecified atom stereocenters. The van der Waals surface area contributed by atoms with Gasteiger partial charge in [0.05, 0.1) is 11.7 Å². The maximum absolute atomic E-state index is 13.0. The van der Waals surface area contributed by atoms with Crippen molar-refractivity contribution in [3.05, 3.63) is 83.3 Å². The van der Waals surface area contributed by atoms with E-state index in [0.717, 1.165) is 16.5 Å². The van der Waals surface area contributed by atoms with Crippen molar-refractivity contribution < 1.29 is 14.0 Å². The molecule has 0 spiro atoms. The zero-order chi connectivity index (χ0) is 22.7. The number of fused-ring (bicyclic) bond motifs is 1. The largest absolute Gasteiger partial charge is 0.309 e. The topological polar surface area (TPSA) is 101 Å². The fraction of sp³-hybridized carbons (Fsp3) is 0.125. The lowest BCUT2D eigenvalue weighted by atomic mass is 10.1. The molecule has 0 bridgehead atoms. The number of anilines is 1. The molecule has 32 heavy (non-hydrogen) atoms. The standard InChI is InChI=1S/C24H18FN5O2/c1-15-12-22(28-20-5-3-2-4-19(15)20)30-24(17(13-26)14-27-30)29-23(32)11-10-21(31)16-6-8-18(25)9-7-16/h2-9,12,14H,10-11H2,1H3,(H,29,32). The molecule has 0 aliphatic heterocycles. The van der Waals surface area contributed by atoms with E-state index >= 15 is 0 Å². The van der Waals surface area contributed by atoms with E-state index in [0.29, 0.717) is 11.4 Å². The van der Waals surface area contributed by atoms with Crippen LogP contribution >= 0.6 is 0 Å². The van der Waals surface area contributed by atoms with Gasteiger partial charge in [0.15, 0.2) is 17.4 Å². The zero-order valence-electron chi connectivity index (χ0n) is 17.2. The van der Waals surface area contributed by atoms with Gasteiger partial charge in [-0.1, -0.05) is 18.2 Å². The van der Waals surface area contributed by atoms with Gasteiger partial charge in [0.1, 0.15) is 17.4 Å². The first-order valence-corrected chi connectivity index (χ1v) is 9.90. The van der Waals surface area contributed by atoms with Gasteiger partial charge in [-0.2, -0.15) is 15.0 Å².